The molecule has 0 amide bonds. The molecule has 0 aliphatic carbocycles. The Kier molecular flexibility index (Phi) is 5.10. The van der Waals surface area contributed by atoms with E-state index in [1.54, 1.807) is 0 Å². The zero-order chi connectivity index (χ0) is 21.2. The lowest BCUT2D eigenvalue weighted by Gasteiger charge is -2.14. The third-order valence-corrected chi connectivity index (χ3v) is 5.78. The first kappa shape index (κ1) is 19.3. The molecule has 5 heteroatoms. The van der Waals surface area contributed by atoms with Gasteiger partial charge in [0.15, 0.2) is 0 Å². The summed E-state index contributed by atoms with van der Waals surface area (Å²) in [5.41, 5.74) is 5.67. The highest BCUT2D eigenvalue weighted by Crippen LogP contribution is 2.26. The van der Waals surface area contributed by atoms with Crippen LogP contribution in [0.1, 0.15) is 29.8 Å². The van der Waals surface area contributed by atoms with Gasteiger partial charge in [0.1, 0.15) is 0 Å². The number of hydrogen-bond donors (Lipinski definition) is 1. The fourth-order valence-electron chi connectivity index (χ4n) is 4.04. The first-order chi connectivity index (χ1) is 15.2. The lowest BCUT2D eigenvalue weighted by atomic mass is 10.1. The van der Waals surface area contributed by atoms with Gasteiger partial charge in [-0.25, -0.2) is 9.36 Å². The second kappa shape index (κ2) is 8.20. The fourth-order valence-corrected chi connectivity index (χ4v) is 4.04. The second-order valence-electron chi connectivity index (χ2n) is 7.83. The monoisotopic (exact) mass is 407 g/mol. The van der Waals surface area contributed by atoms with Gasteiger partial charge in [-0.05, 0) is 37.4 Å². The summed E-state index contributed by atoms with van der Waals surface area (Å²) in [7, 11) is 0. The van der Waals surface area contributed by atoms with Crippen LogP contribution >= 0.6 is 0 Å². The molecule has 0 unspecified atom stereocenters. The van der Waals surface area contributed by atoms with Gasteiger partial charge in [-0.15, -0.1) is 0 Å². The highest BCUT2D eigenvalue weighted by Gasteiger charge is 2.15. The van der Waals surface area contributed by atoms with Gasteiger partial charge in [0.05, 0.1) is 23.8 Å². The van der Waals surface area contributed by atoms with Gasteiger partial charge in [0.25, 0.3) is 0 Å². The number of aromatic nitrogens is 4. The van der Waals surface area contributed by atoms with E-state index in [1.807, 2.05) is 40.0 Å². The van der Waals surface area contributed by atoms with E-state index in [1.165, 1.54) is 16.3 Å². The topological polar surface area (TPSA) is 47.7 Å². The molecule has 0 saturated heterocycles. The lowest BCUT2D eigenvalue weighted by molar-refractivity contribution is 0.571. The van der Waals surface area contributed by atoms with Crippen LogP contribution in [0.4, 0.5) is 0 Å². The molecule has 0 radical (unpaired) electrons. The Hall–Kier alpha value is -3.70. The van der Waals surface area contributed by atoms with Crippen LogP contribution in [0.3, 0.4) is 0 Å². The van der Waals surface area contributed by atoms with Crippen LogP contribution in [0.5, 0.6) is 0 Å². The molecule has 154 valence electrons. The number of rotatable bonds is 6. The third kappa shape index (κ3) is 3.76. The van der Waals surface area contributed by atoms with Crippen LogP contribution < -0.4 is 5.32 Å². The van der Waals surface area contributed by atoms with E-state index in [0.29, 0.717) is 0 Å². The van der Waals surface area contributed by atoms with Crippen molar-refractivity contribution < 1.29 is 0 Å². The van der Waals surface area contributed by atoms with Crippen LogP contribution in [0.15, 0.2) is 91.4 Å². The number of nitrogens with zero attached hydrogens (tertiary/aromatic N) is 4. The molecule has 0 saturated carbocycles. The van der Waals surface area contributed by atoms with Crippen molar-refractivity contribution in [3.8, 4) is 11.4 Å². The SMILES string of the molecule is Cc1c([C@H](C)NCc2cnn(-c3ccccc3)c2)cnn1-c1cccc2ccccc12. The smallest absolute Gasteiger partial charge is 0.0727 e. The van der Waals surface area contributed by atoms with Crippen molar-refractivity contribution in [3.05, 3.63) is 108 Å². The lowest BCUT2D eigenvalue weighted by Crippen LogP contribution is -2.18. The van der Waals surface area contributed by atoms with Gasteiger partial charge in [-0.1, -0.05) is 54.6 Å². The summed E-state index contributed by atoms with van der Waals surface area (Å²) in [5, 5.41) is 15.2. The maximum atomic E-state index is 4.72. The molecule has 31 heavy (non-hydrogen) atoms. The van der Waals surface area contributed by atoms with E-state index < -0.39 is 0 Å². The predicted octanol–water partition coefficient (Wildman–Crippen LogP) is 5.37. The van der Waals surface area contributed by atoms with E-state index in [0.717, 1.165) is 29.2 Å². The van der Waals surface area contributed by atoms with Gasteiger partial charge < -0.3 is 5.32 Å². The summed E-state index contributed by atoms with van der Waals surface area (Å²) < 4.78 is 3.95. The molecule has 5 aromatic rings. The zero-order valence-electron chi connectivity index (χ0n) is 17.7. The number of benzene rings is 3. The molecule has 2 aromatic heterocycles. The molecular formula is C26H25N5. The van der Waals surface area contributed by atoms with E-state index in [4.69, 9.17) is 5.10 Å². The highest BCUT2D eigenvalue weighted by molar-refractivity contribution is 5.90. The number of hydrogen-bond acceptors (Lipinski definition) is 3. The van der Waals surface area contributed by atoms with E-state index >= 15 is 0 Å². The zero-order valence-corrected chi connectivity index (χ0v) is 17.7. The molecule has 1 N–H and O–H groups in total. The molecule has 5 rings (SSSR count). The van der Waals surface area contributed by atoms with Crippen molar-refractivity contribution >= 4 is 10.8 Å². The summed E-state index contributed by atoms with van der Waals surface area (Å²) in [5.74, 6) is 0. The van der Waals surface area contributed by atoms with E-state index in [2.05, 4.69) is 85.1 Å². The van der Waals surface area contributed by atoms with Gasteiger partial charge in [0.2, 0.25) is 0 Å². The van der Waals surface area contributed by atoms with Crippen molar-refractivity contribution in [2.45, 2.75) is 26.4 Å². The fraction of sp³-hybridized carbons (Fsp3) is 0.154. The largest absolute Gasteiger partial charge is 0.306 e. The third-order valence-electron chi connectivity index (χ3n) is 5.78. The summed E-state index contributed by atoms with van der Waals surface area (Å²) in [6.07, 6.45) is 5.96. The molecule has 2 heterocycles. The molecule has 0 aliphatic heterocycles. The number of para-hydroxylation sites is 1. The van der Waals surface area contributed by atoms with Crippen molar-refractivity contribution in [3.63, 3.8) is 0 Å². The Morgan fingerprint density at radius 2 is 1.65 bits per heavy atom. The van der Waals surface area contributed by atoms with Crippen molar-refractivity contribution in [2.24, 2.45) is 0 Å². The molecule has 1 atom stereocenters. The van der Waals surface area contributed by atoms with Crippen molar-refractivity contribution in [2.75, 3.05) is 0 Å². The number of nitrogens with one attached hydrogen (secondary N) is 1. The van der Waals surface area contributed by atoms with Gasteiger partial charge in [-0.2, -0.15) is 10.2 Å². The number of fused-ring (bicyclic) bond motifs is 1. The minimum Gasteiger partial charge on any atom is -0.306 e. The Morgan fingerprint density at radius 3 is 2.52 bits per heavy atom. The quantitative estimate of drug-likeness (QED) is 0.412. The van der Waals surface area contributed by atoms with Crippen LogP contribution in [0, 0.1) is 6.92 Å². The normalized spacial score (nSPS) is 12.3. The van der Waals surface area contributed by atoms with Gasteiger partial charge in [-0.3, -0.25) is 0 Å². The second-order valence-corrected chi connectivity index (χ2v) is 7.83. The summed E-state index contributed by atoms with van der Waals surface area (Å²) in [6.45, 7) is 5.06. The first-order valence-electron chi connectivity index (χ1n) is 10.6. The van der Waals surface area contributed by atoms with Crippen LogP contribution in [-0.4, -0.2) is 19.6 Å². The molecule has 3 aromatic carbocycles. The predicted molar refractivity (Wildman–Crippen MR) is 125 cm³/mol. The highest BCUT2D eigenvalue weighted by atomic mass is 15.3. The van der Waals surface area contributed by atoms with Crippen molar-refractivity contribution in [1.29, 1.82) is 0 Å². The van der Waals surface area contributed by atoms with Gasteiger partial charge in [0, 0.05) is 41.0 Å². The summed E-state index contributed by atoms with van der Waals surface area (Å²) in [6, 6.07) is 25.1. The molecule has 0 aliphatic rings. The molecular weight excluding hydrogens is 382 g/mol. The first-order valence-corrected chi connectivity index (χ1v) is 10.6. The minimum atomic E-state index is 0.170. The summed E-state index contributed by atoms with van der Waals surface area (Å²) in [4.78, 5) is 0. The standard InChI is InChI=1S/C26H25N5/c1-19(27-15-21-16-28-30(18-21)23-11-4-3-5-12-23)25-17-29-31(20(25)2)26-14-8-10-22-9-6-7-13-24(22)26/h3-14,16-19,27H,15H2,1-2H3/t19-/m0/s1. The molecule has 5 nitrogen and oxygen atoms in total. The average Bonchev–Trinajstić information content (AvgIpc) is 3.44. The average molecular weight is 408 g/mol. The Balaban J connectivity index is 1.34. The van der Waals surface area contributed by atoms with Crippen LogP contribution in [-0.2, 0) is 6.54 Å². The Bertz CT molecular complexity index is 1310. The Morgan fingerprint density at radius 1 is 0.871 bits per heavy atom. The Labute approximate surface area is 182 Å². The molecule has 0 fully saturated rings. The summed E-state index contributed by atoms with van der Waals surface area (Å²) >= 11 is 0. The molecule has 0 spiro atoms. The minimum absolute atomic E-state index is 0.170. The van der Waals surface area contributed by atoms with Gasteiger partial charge >= 0.3 is 0 Å². The van der Waals surface area contributed by atoms with E-state index in [9.17, 15) is 0 Å². The van der Waals surface area contributed by atoms with Crippen LogP contribution in [0.2, 0.25) is 0 Å². The maximum absolute atomic E-state index is 4.72. The molecule has 0 bridgehead atoms. The maximum Gasteiger partial charge on any atom is 0.0727 e. The van der Waals surface area contributed by atoms with Crippen molar-refractivity contribution in [1.82, 2.24) is 24.9 Å². The van der Waals surface area contributed by atoms with E-state index in [-0.39, 0.29) is 6.04 Å². The van der Waals surface area contributed by atoms with Crippen LogP contribution in [0.25, 0.3) is 22.1 Å².